The van der Waals surface area contributed by atoms with Crippen LogP contribution in [0.25, 0.3) is 0 Å². The van der Waals surface area contributed by atoms with E-state index in [0.29, 0.717) is 24.8 Å². The van der Waals surface area contributed by atoms with Crippen molar-refractivity contribution in [3.05, 3.63) is 23.8 Å². The van der Waals surface area contributed by atoms with Crippen LogP contribution in [0.3, 0.4) is 0 Å². The Kier molecular flexibility index (Phi) is 8.96. The molecule has 8 nitrogen and oxygen atoms in total. The van der Waals surface area contributed by atoms with E-state index in [1.807, 2.05) is 0 Å². The molecule has 8 atom stereocenters. The summed E-state index contributed by atoms with van der Waals surface area (Å²) >= 11 is 0. The molecule has 0 aromatic heterocycles. The number of fused-ring (bicyclic) bond motifs is 5. The molecule has 34 heavy (non-hydrogen) atoms. The van der Waals surface area contributed by atoms with Crippen molar-refractivity contribution < 1.29 is 43.1 Å². The number of carbonyl (C=O) groups is 2. The molecule has 0 spiro atoms. The van der Waals surface area contributed by atoms with Crippen molar-refractivity contribution in [3.8, 4) is 0 Å². The summed E-state index contributed by atoms with van der Waals surface area (Å²) in [7, 11) is -4.93. The molecule has 0 aromatic rings. The molecule has 180 valence electrons. The molecule has 4 N–H and O–H groups in total. The number of hydrogen-bond donors (Lipinski definition) is 4. The molecule has 2 radical (unpaired) electrons. The van der Waals surface area contributed by atoms with Crippen LogP contribution < -0.4 is 0 Å². The second-order valence-electron chi connectivity index (χ2n) is 10.4. The maximum absolute atomic E-state index is 17.0. The molecule has 12 heteroatoms. The van der Waals surface area contributed by atoms with Crippen molar-refractivity contribution in [1.82, 2.24) is 0 Å². The largest absolute Gasteiger partial charge is 0.470 e. The van der Waals surface area contributed by atoms with Crippen LogP contribution in [0.4, 0.5) is 4.39 Å². The Labute approximate surface area is 242 Å². The van der Waals surface area contributed by atoms with Gasteiger partial charge >= 0.3 is 7.82 Å². The van der Waals surface area contributed by atoms with Crippen LogP contribution in [0.1, 0.15) is 46.5 Å². The number of alkyl halides is 1. The third kappa shape index (κ3) is 4.20. The van der Waals surface area contributed by atoms with Gasteiger partial charge in [0, 0.05) is 75.9 Å². The molecule has 4 rings (SSSR count). The predicted octanol–water partition coefficient (Wildman–Crippen LogP) is 1.25. The van der Waals surface area contributed by atoms with Gasteiger partial charge in [0.2, 0.25) is 0 Å². The van der Waals surface area contributed by atoms with Crippen LogP contribution in [-0.4, -0.2) is 115 Å². The van der Waals surface area contributed by atoms with E-state index in [2.05, 4.69) is 4.52 Å². The van der Waals surface area contributed by atoms with E-state index < -0.39 is 66.2 Å². The molecule has 0 saturated heterocycles. The van der Waals surface area contributed by atoms with Gasteiger partial charge in [-0.25, -0.2) is 8.96 Å². The smallest absolute Gasteiger partial charge is 0.390 e. The van der Waals surface area contributed by atoms with E-state index in [4.69, 9.17) is 9.79 Å². The minimum atomic E-state index is -4.93. The Morgan fingerprint density at radius 2 is 1.88 bits per heavy atom. The van der Waals surface area contributed by atoms with Gasteiger partial charge in [-0.2, -0.15) is 0 Å². The van der Waals surface area contributed by atoms with Crippen molar-refractivity contribution in [3.63, 3.8) is 0 Å². The number of aliphatic hydroxyl groups is 2. The molecule has 0 amide bonds. The van der Waals surface area contributed by atoms with Gasteiger partial charge in [0.15, 0.2) is 17.2 Å². The van der Waals surface area contributed by atoms with Crippen LogP contribution in [-0.2, 0) is 18.7 Å². The fraction of sp³-hybridized carbons (Fsp3) is 0.727. The standard InChI is InChI=1S/C22H30FO8P.2Na/c1-12-8-16-15-5-4-13-9-14(24)6-7-19(13,2)21(15,23)17(25)10-20(16,3)22(12,27)18(26)11-31-32(28,29)30;;/h6-7,9,12,15-17,25,27H,4-5,8,10-11H2,1-3H3,(H2,28,29,30);;/t12?,15?,16?,17?,19?,20?,21-,22-;;/m0../s1. The Morgan fingerprint density at radius 3 is 2.47 bits per heavy atom. The number of allylic oxidation sites excluding steroid dienone is 4. The number of phosphoric ester groups is 1. The minimum absolute atomic E-state index is 0. The molecule has 0 aliphatic heterocycles. The number of aliphatic hydroxyl groups excluding tert-OH is 1. The summed E-state index contributed by atoms with van der Waals surface area (Å²) in [5.74, 6) is -2.87. The molecule has 0 aromatic carbocycles. The normalized spacial score (nSPS) is 45.2. The number of ketones is 2. The average molecular weight is 518 g/mol. The van der Waals surface area contributed by atoms with Gasteiger partial charge < -0.3 is 20.0 Å². The fourth-order valence-electron chi connectivity index (χ4n) is 7.39. The maximum Gasteiger partial charge on any atom is 0.470 e. The molecule has 3 saturated carbocycles. The first-order chi connectivity index (χ1) is 14.6. The first kappa shape index (κ1) is 31.0. The second kappa shape index (κ2) is 9.83. The van der Waals surface area contributed by atoms with E-state index in [1.54, 1.807) is 20.8 Å². The molecule has 0 heterocycles. The van der Waals surface area contributed by atoms with Gasteiger partial charge in [-0.3, -0.25) is 14.1 Å². The molecular formula is C22H30FNa2O8P. The van der Waals surface area contributed by atoms with Crippen molar-refractivity contribution >= 4 is 78.5 Å². The Balaban J connectivity index is 0.00000204. The number of hydrogen-bond acceptors (Lipinski definition) is 6. The van der Waals surface area contributed by atoms with Gasteiger partial charge in [-0.1, -0.05) is 25.5 Å². The summed E-state index contributed by atoms with van der Waals surface area (Å²) in [6, 6.07) is 0. The number of phosphoric acid groups is 1. The molecular weight excluding hydrogens is 488 g/mol. The molecule has 3 fully saturated rings. The Bertz CT molecular complexity index is 984. The zero-order valence-electron chi connectivity index (χ0n) is 20.3. The van der Waals surface area contributed by atoms with Crippen LogP contribution in [0, 0.1) is 28.6 Å². The van der Waals surface area contributed by atoms with E-state index >= 15 is 4.39 Å². The van der Waals surface area contributed by atoms with Gasteiger partial charge in [0.25, 0.3) is 0 Å². The van der Waals surface area contributed by atoms with Crippen LogP contribution in [0.2, 0.25) is 0 Å². The van der Waals surface area contributed by atoms with E-state index in [9.17, 15) is 24.4 Å². The maximum atomic E-state index is 17.0. The third-order valence-corrected chi connectivity index (χ3v) is 9.48. The SMILES string of the molecule is CC1CC2C3CCC4=CC(=O)C=CC4(C)[C@@]3(F)C(O)CC2(C)[C@@]1(O)C(=O)COP(=O)(O)O.[Na].[Na]. The number of halogens is 1. The van der Waals surface area contributed by atoms with E-state index in [1.165, 1.54) is 18.2 Å². The summed E-state index contributed by atoms with van der Waals surface area (Å²) < 4.78 is 32.5. The van der Waals surface area contributed by atoms with E-state index in [0.717, 1.165) is 0 Å². The monoisotopic (exact) mass is 518 g/mol. The number of rotatable bonds is 4. The first-order valence-electron chi connectivity index (χ1n) is 10.9. The van der Waals surface area contributed by atoms with Crippen molar-refractivity contribution in [2.24, 2.45) is 28.6 Å². The Hall–Kier alpha value is 0.780. The van der Waals surface area contributed by atoms with Crippen molar-refractivity contribution in [2.75, 3.05) is 6.61 Å². The Morgan fingerprint density at radius 1 is 1.26 bits per heavy atom. The molecule has 0 bridgehead atoms. The molecule has 6 unspecified atom stereocenters. The van der Waals surface area contributed by atoms with Crippen molar-refractivity contribution in [2.45, 2.75) is 63.8 Å². The first-order valence-corrected chi connectivity index (χ1v) is 12.4. The summed E-state index contributed by atoms with van der Waals surface area (Å²) in [4.78, 5) is 42.8. The zero-order chi connectivity index (χ0) is 23.9. The van der Waals surface area contributed by atoms with Crippen LogP contribution in [0.5, 0.6) is 0 Å². The van der Waals surface area contributed by atoms with Crippen LogP contribution >= 0.6 is 7.82 Å². The summed E-state index contributed by atoms with van der Waals surface area (Å²) in [6.07, 6.45) is 3.70. The zero-order valence-corrected chi connectivity index (χ0v) is 25.2. The second-order valence-corrected chi connectivity index (χ2v) is 11.6. The average Bonchev–Trinajstić information content (AvgIpc) is 2.89. The topological polar surface area (TPSA) is 141 Å². The quantitative estimate of drug-likeness (QED) is 0.322. The third-order valence-electron chi connectivity index (χ3n) is 9.01. The summed E-state index contributed by atoms with van der Waals surface area (Å²) in [5, 5.41) is 22.8. The molecule has 4 aliphatic carbocycles. The molecule has 4 aliphatic rings. The van der Waals surface area contributed by atoms with Crippen molar-refractivity contribution in [1.29, 1.82) is 0 Å². The van der Waals surface area contributed by atoms with Gasteiger partial charge in [0.1, 0.15) is 12.2 Å². The number of carbonyl (C=O) groups excluding carboxylic acids is 2. The van der Waals surface area contributed by atoms with Crippen LogP contribution in [0.15, 0.2) is 23.8 Å². The number of Topliss-reactive ketones (excluding diaryl/α,β-unsaturated/α-hetero) is 1. The summed E-state index contributed by atoms with van der Waals surface area (Å²) in [5.41, 5.74) is -5.88. The minimum Gasteiger partial charge on any atom is -0.390 e. The van der Waals surface area contributed by atoms with Gasteiger partial charge in [0.05, 0.1) is 6.10 Å². The van der Waals surface area contributed by atoms with Gasteiger partial charge in [-0.15, -0.1) is 0 Å². The van der Waals surface area contributed by atoms with E-state index in [-0.39, 0.29) is 71.3 Å². The predicted molar refractivity (Wildman–Crippen MR) is 122 cm³/mol. The fourth-order valence-corrected chi connectivity index (χ4v) is 7.68. The van der Waals surface area contributed by atoms with Gasteiger partial charge in [-0.05, 0) is 56.6 Å². The summed E-state index contributed by atoms with van der Waals surface area (Å²) in [6.45, 7) is 4.00.